The maximum Gasteiger partial charge on any atom is 0.226 e. The Labute approximate surface area is 116 Å². The second-order valence-corrected chi connectivity index (χ2v) is 4.67. The molecule has 0 atom stereocenters. The van der Waals surface area contributed by atoms with E-state index in [4.69, 9.17) is 9.47 Å². The van der Waals surface area contributed by atoms with Gasteiger partial charge in [-0.3, -0.25) is 4.79 Å². The molecule has 5 heteroatoms. The van der Waals surface area contributed by atoms with E-state index in [1.807, 2.05) is 19.1 Å². The van der Waals surface area contributed by atoms with Crippen molar-refractivity contribution >= 4 is 27.5 Å². The molecule has 0 bridgehead atoms. The zero-order valence-corrected chi connectivity index (χ0v) is 12.2. The van der Waals surface area contributed by atoms with Crippen molar-refractivity contribution in [2.24, 2.45) is 0 Å². The minimum atomic E-state index is -0.0810. The molecule has 0 aliphatic carbocycles. The topological polar surface area (TPSA) is 47.6 Å². The van der Waals surface area contributed by atoms with E-state index >= 15 is 0 Å². The van der Waals surface area contributed by atoms with Gasteiger partial charge in [-0.15, -0.1) is 0 Å². The van der Waals surface area contributed by atoms with Crippen LogP contribution in [0.25, 0.3) is 0 Å². The third-order valence-electron chi connectivity index (χ3n) is 2.26. The third kappa shape index (κ3) is 5.06. The molecule has 0 heterocycles. The fourth-order valence-corrected chi connectivity index (χ4v) is 1.76. The highest BCUT2D eigenvalue weighted by molar-refractivity contribution is 9.10. The number of halogens is 1. The van der Waals surface area contributed by atoms with E-state index in [1.54, 1.807) is 13.2 Å². The molecule has 0 aliphatic rings. The van der Waals surface area contributed by atoms with Crippen molar-refractivity contribution in [1.82, 2.24) is 0 Å². The van der Waals surface area contributed by atoms with Crippen molar-refractivity contribution in [2.75, 3.05) is 25.6 Å². The summed E-state index contributed by atoms with van der Waals surface area (Å²) < 4.78 is 11.3. The van der Waals surface area contributed by atoms with Gasteiger partial charge in [0.1, 0.15) is 5.75 Å². The van der Waals surface area contributed by atoms with Crippen LogP contribution in [-0.4, -0.2) is 26.2 Å². The van der Waals surface area contributed by atoms with Gasteiger partial charge in [0, 0.05) is 11.1 Å². The lowest BCUT2D eigenvalue weighted by Crippen LogP contribution is -2.15. The van der Waals surface area contributed by atoms with Crippen LogP contribution in [-0.2, 0) is 9.53 Å². The van der Waals surface area contributed by atoms with Gasteiger partial charge >= 0.3 is 0 Å². The van der Waals surface area contributed by atoms with Gasteiger partial charge in [-0.1, -0.05) is 22.9 Å². The van der Waals surface area contributed by atoms with Crippen molar-refractivity contribution in [3.8, 4) is 5.75 Å². The van der Waals surface area contributed by atoms with Crippen LogP contribution in [0, 0.1) is 0 Å². The Morgan fingerprint density at radius 3 is 2.83 bits per heavy atom. The van der Waals surface area contributed by atoms with E-state index in [9.17, 15) is 4.79 Å². The lowest BCUT2D eigenvalue weighted by atomic mass is 10.3. The van der Waals surface area contributed by atoms with Gasteiger partial charge in [0.25, 0.3) is 0 Å². The van der Waals surface area contributed by atoms with E-state index in [0.29, 0.717) is 31.1 Å². The summed E-state index contributed by atoms with van der Waals surface area (Å²) in [5, 5.41) is 2.81. The Morgan fingerprint density at radius 1 is 1.39 bits per heavy atom. The first-order chi connectivity index (χ1) is 8.67. The Balaban J connectivity index is 2.50. The molecule has 0 aromatic heterocycles. The van der Waals surface area contributed by atoms with E-state index in [1.165, 1.54) is 0 Å². The summed E-state index contributed by atoms with van der Waals surface area (Å²) in [6.07, 6.45) is 1.30. The van der Waals surface area contributed by atoms with Crippen LogP contribution in [0.3, 0.4) is 0 Å². The van der Waals surface area contributed by atoms with Gasteiger partial charge in [0.15, 0.2) is 0 Å². The van der Waals surface area contributed by atoms with Gasteiger partial charge in [-0.25, -0.2) is 0 Å². The molecule has 0 unspecified atom stereocenters. The van der Waals surface area contributed by atoms with Crippen molar-refractivity contribution in [3.63, 3.8) is 0 Å². The highest BCUT2D eigenvalue weighted by atomic mass is 79.9. The van der Waals surface area contributed by atoms with E-state index < -0.39 is 0 Å². The van der Waals surface area contributed by atoms with E-state index in [-0.39, 0.29) is 5.91 Å². The molecule has 1 aromatic carbocycles. The molecule has 18 heavy (non-hydrogen) atoms. The number of nitrogens with one attached hydrogen (secondary N) is 1. The summed E-state index contributed by atoms with van der Waals surface area (Å²) in [6.45, 7) is 3.16. The van der Waals surface area contributed by atoms with E-state index in [2.05, 4.69) is 21.2 Å². The van der Waals surface area contributed by atoms with Crippen molar-refractivity contribution < 1.29 is 14.3 Å². The number of carbonyl (C=O) groups is 1. The molecule has 0 saturated carbocycles. The number of ether oxygens (including phenoxy) is 2. The van der Waals surface area contributed by atoms with Crippen LogP contribution in [0.2, 0.25) is 0 Å². The number of amides is 1. The number of rotatable bonds is 7. The average Bonchev–Trinajstić information content (AvgIpc) is 2.35. The van der Waals surface area contributed by atoms with Gasteiger partial charge in [0.2, 0.25) is 5.91 Å². The lowest BCUT2D eigenvalue weighted by Gasteiger charge is -2.10. The third-order valence-corrected chi connectivity index (χ3v) is 2.75. The smallest absolute Gasteiger partial charge is 0.226 e. The van der Waals surface area contributed by atoms with Crippen molar-refractivity contribution in [2.45, 2.75) is 19.8 Å². The zero-order valence-electron chi connectivity index (χ0n) is 10.7. The zero-order chi connectivity index (χ0) is 13.4. The van der Waals surface area contributed by atoms with Gasteiger partial charge < -0.3 is 14.8 Å². The maximum atomic E-state index is 11.7. The summed E-state index contributed by atoms with van der Waals surface area (Å²) in [5.74, 6) is 0.559. The molecule has 0 radical (unpaired) electrons. The van der Waals surface area contributed by atoms with Gasteiger partial charge in [-0.05, 0) is 24.6 Å². The van der Waals surface area contributed by atoms with Crippen LogP contribution in [0.5, 0.6) is 5.75 Å². The summed E-state index contributed by atoms with van der Waals surface area (Å²) in [5.41, 5.74) is 0.660. The van der Waals surface area contributed by atoms with Crippen molar-refractivity contribution in [1.29, 1.82) is 0 Å². The number of hydrogen-bond acceptors (Lipinski definition) is 3. The van der Waals surface area contributed by atoms with Crippen LogP contribution < -0.4 is 10.1 Å². The van der Waals surface area contributed by atoms with Gasteiger partial charge in [-0.2, -0.15) is 0 Å². The Kier molecular flexibility index (Phi) is 6.75. The molecule has 1 amide bonds. The normalized spacial score (nSPS) is 10.2. The number of benzene rings is 1. The van der Waals surface area contributed by atoms with Crippen LogP contribution in [0.15, 0.2) is 22.7 Å². The summed E-state index contributed by atoms with van der Waals surface area (Å²) in [4.78, 5) is 11.7. The molecule has 0 saturated heterocycles. The fraction of sp³-hybridized carbons (Fsp3) is 0.462. The first-order valence-corrected chi connectivity index (χ1v) is 6.67. The van der Waals surface area contributed by atoms with Crippen LogP contribution >= 0.6 is 15.9 Å². The minimum Gasteiger partial charge on any atom is -0.495 e. The predicted molar refractivity (Wildman–Crippen MR) is 75.1 cm³/mol. The predicted octanol–water partition coefficient (Wildman–Crippen LogP) is 3.21. The molecule has 1 N–H and O–H groups in total. The first kappa shape index (κ1) is 15.0. The number of anilines is 1. The lowest BCUT2D eigenvalue weighted by molar-refractivity contribution is -0.117. The second-order valence-electron chi connectivity index (χ2n) is 3.76. The van der Waals surface area contributed by atoms with Crippen LogP contribution in [0.1, 0.15) is 19.8 Å². The SMILES string of the molecule is CCCOCCC(=O)Nc1cc(Br)ccc1OC. The first-order valence-electron chi connectivity index (χ1n) is 5.88. The molecule has 0 fully saturated rings. The van der Waals surface area contributed by atoms with Crippen LogP contribution in [0.4, 0.5) is 5.69 Å². The molecule has 0 aliphatic heterocycles. The molecular weight excluding hydrogens is 298 g/mol. The standard InChI is InChI=1S/C13H18BrNO3/c1-3-7-18-8-6-13(16)15-11-9-10(14)4-5-12(11)17-2/h4-5,9H,3,6-8H2,1-2H3,(H,15,16). The summed E-state index contributed by atoms with van der Waals surface area (Å²) in [7, 11) is 1.57. The fourth-order valence-electron chi connectivity index (χ4n) is 1.40. The maximum absolute atomic E-state index is 11.7. The Morgan fingerprint density at radius 2 is 2.17 bits per heavy atom. The average molecular weight is 316 g/mol. The van der Waals surface area contributed by atoms with E-state index in [0.717, 1.165) is 10.9 Å². The largest absolute Gasteiger partial charge is 0.495 e. The highest BCUT2D eigenvalue weighted by Gasteiger charge is 2.07. The molecule has 4 nitrogen and oxygen atoms in total. The Bertz CT molecular complexity index is 396. The quantitative estimate of drug-likeness (QED) is 0.786. The van der Waals surface area contributed by atoms with Crippen molar-refractivity contribution in [3.05, 3.63) is 22.7 Å². The molecule has 1 aromatic rings. The number of methoxy groups -OCH3 is 1. The number of carbonyl (C=O) groups excluding carboxylic acids is 1. The van der Waals surface area contributed by atoms with Gasteiger partial charge in [0.05, 0.1) is 25.8 Å². The second kappa shape index (κ2) is 8.11. The molecule has 100 valence electrons. The molecular formula is C13H18BrNO3. The minimum absolute atomic E-state index is 0.0810. The summed E-state index contributed by atoms with van der Waals surface area (Å²) in [6, 6.07) is 5.47. The summed E-state index contributed by atoms with van der Waals surface area (Å²) >= 11 is 3.36. The number of hydrogen-bond donors (Lipinski definition) is 1. The monoisotopic (exact) mass is 315 g/mol. The molecule has 0 spiro atoms. The molecule has 1 rings (SSSR count). The highest BCUT2D eigenvalue weighted by Crippen LogP contribution is 2.27. The Hall–Kier alpha value is -1.07.